The molecule has 122 valence electrons. The Morgan fingerprint density at radius 3 is 2.62 bits per heavy atom. The highest BCUT2D eigenvalue weighted by Gasteiger charge is 2.39. The minimum absolute atomic E-state index is 0.0457. The van der Waals surface area contributed by atoms with Gasteiger partial charge < -0.3 is 10.4 Å². The lowest BCUT2D eigenvalue weighted by atomic mass is 9.77. The maximum absolute atomic E-state index is 14.2. The summed E-state index contributed by atoms with van der Waals surface area (Å²) < 4.78 is 27.8. The van der Waals surface area contributed by atoms with Gasteiger partial charge in [0, 0.05) is 12.0 Å². The van der Waals surface area contributed by atoms with E-state index in [-0.39, 0.29) is 23.4 Å². The van der Waals surface area contributed by atoms with Gasteiger partial charge in [0.05, 0.1) is 17.3 Å². The Kier molecular flexibility index (Phi) is 3.37. The Labute approximate surface area is 137 Å². The molecule has 3 nitrogen and oxygen atoms in total. The molecule has 2 aliphatic rings. The number of halogens is 2. The van der Waals surface area contributed by atoms with Gasteiger partial charge in [0.1, 0.15) is 11.6 Å². The molecule has 0 fully saturated rings. The van der Waals surface area contributed by atoms with Crippen LogP contribution in [-0.4, -0.2) is 11.1 Å². The van der Waals surface area contributed by atoms with Gasteiger partial charge in [-0.05, 0) is 41.7 Å². The summed E-state index contributed by atoms with van der Waals surface area (Å²) in [5.74, 6) is -2.05. The van der Waals surface area contributed by atoms with Crippen LogP contribution < -0.4 is 5.32 Å². The minimum atomic E-state index is -0.981. The molecule has 5 heteroatoms. The van der Waals surface area contributed by atoms with Gasteiger partial charge in [0.15, 0.2) is 0 Å². The molecular formula is C19H15F2NO2. The molecule has 0 saturated heterocycles. The third kappa shape index (κ3) is 2.28. The summed E-state index contributed by atoms with van der Waals surface area (Å²) in [6.45, 7) is 0. The highest BCUT2D eigenvalue weighted by Crippen LogP contribution is 2.50. The van der Waals surface area contributed by atoms with E-state index in [1.165, 1.54) is 6.07 Å². The maximum atomic E-state index is 14.2. The van der Waals surface area contributed by atoms with Crippen molar-refractivity contribution in [1.82, 2.24) is 0 Å². The van der Waals surface area contributed by atoms with Crippen molar-refractivity contribution in [2.24, 2.45) is 5.92 Å². The Morgan fingerprint density at radius 2 is 1.92 bits per heavy atom. The lowest BCUT2D eigenvalue weighted by Gasteiger charge is -2.37. The third-order valence-corrected chi connectivity index (χ3v) is 4.90. The lowest BCUT2D eigenvalue weighted by molar-refractivity contribution is 0.0697. The SMILES string of the molecule is O=C(O)c1ccc([C@H]2Nc3c(F)cc(F)cc3C3C=CCC32)cc1. The number of carbonyl (C=O) groups is 1. The van der Waals surface area contributed by atoms with E-state index in [9.17, 15) is 13.6 Å². The van der Waals surface area contributed by atoms with Crippen LogP contribution in [0.3, 0.4) is 0 Å². The van der Waals surface area contributed by atoms with Gasteiger partial charge >= 0.3 is 5.97 Å². The molecule has 2 unspecified atom stereocenters. The Morgan fingerprint density at radius 1 is 1.17 bits per heavy atom. The van der Waals surface area contributed by atoms with Crippen LogP contribution >= 0.6 is 0 Å². The van der Waals surface area contributed by atoms with E-state index in [4.69, 9.17) is 5.11 Å². The fourth-order valence-corrected chi connectivity index (χ4v) is 3.78. The van der Waals surface area contributed by atoms with Crippen molar-refractivity contribution in [3.8, 4) is 0 Å². The summed E-state index contributed by atoms with van der Waals surface area (Å²) in [4.78, 5) is 11.0. The molecule has 0 radical (unpaired) electrons. The number of carboxylic acids is 1. The number of carboxylic acid groups (broad SMARTS) is 1. The number of nitrogens with one attached hydrogen (secondary N) is 1. The smallest absolute Gasteiger partial charge is 0.335 e. The summed E-state index contributed by atoms with van der Waals surface area (Å²) in [6.07, 6.45) is 4.84. The number of allylic oxidation sites excluding steroid dienone is 2. The maximum Gasteiger partial charge on any atom is 0.335 e. The van der Waals surface area contributed by atoms with Gasteiger partial charge in [0.25, 0.3) is 0 Å². The Bertz CT molecular complexity index is 845. The van der Waals surface area contributed by atoms with Crippen LogP contribution in [0.2, 0.25) is 0 Å². The van der Waals surface area contributed by atoms with Crippen LogP contribution in [0.1, 0.15) is 39.9 Å². The number of aromatic carboxylic acids is 1. The second kappa shape index (κ2) is 5.44. The molecule has 0 saturated carbocycles. The normalized spacial score (nSPS) is 24.2. The van der Waals surface area contributed by atoms with Crippen LogP contribution in [0.4, 0.5) is 14.5 Å². The molecule has 0 spiro atoms. The van der Waals surface area contributed by atoms with Gasteiger partial charge in [-0.15, -0.1) is 0 Å². The topological polar surface area (TPSA) is 49.3 Å². The van der Waals surface area contributed by atoms with Crippen molar-refractivity contribution in [3.05, 3.63) is 76.9 Å². The summed E-state index contributed by atoms with van der Waals surface area (Å²) in [5, 5.41) is 12.2. The fourth-order valence-electron chi connectivity index (χ4n) is 3.78. The first-order valence-corrected chi connectivity index (χ1v) is 7.80. The van der Waals surface area contributed by atoms with Gasteiger partial charge in [0.2, 0.25) is 0 Å². The van der Waals surface area contributed by atoms with Crippen LogP contribution in [0.15, 0.2) is 48.6 Å². The van der Waals surface area contributed by atoms with E-state index in [1.807, 2.05) is 12.2 Å². The largest absolute Gasteiger partial charge is 0.478 e. The van der Waals surface area contributed by atoms with E-state index >= 15 is 0 Å². The van der Waals surface area contributed by atoms with Gasteiger partial charge in [-0.25, -0.2) is 13.6 Å². The lowest BCUT2D eigenvalue weighted by Crippen LogP contribution is -2.30. The van der Waals surface area contributed by atoms with Crippen LogP contribution in [0.25, 0.3) is 0 Å². The number of benzene rings is 2. The van der Waals surface area contributed by atoms with Gasteiger partial charge in [-0.1, -0.05) is 24.3 Å². The number of anilines is 1. The van der Waals surface area contributed by atoms with E-state index < -0.39 is 17.6 Å². The number of fused-ring (bicyclic) bond motifs is 3. The minimum Gasteiger partial charge on any atom is -0.478 e. The number of rotatable bonds is 2. The molecule has 4 rings (SSSR count). The molecule has 1 heterocycles. The zero-order valence-electron chi connectivity index (χ0n) is 12.7. The first-order chi connectivity index (χ1) is 11.5. The first-order valence-electron chi connectivity index (χ1n) is 7.80. The third-order valence-electron chi connectivity index (χ3n) is 4.90. The Hall–Kier alpha value is -2.69. The van der Waals surface area contributed by atoms with Crippen molar-refractivity contribution < 1.29 is 18.7 Å². The second-order valence-corrected chi connectivity index (χ2v) is 6.25. The average Bonchev–Trinajstić information content (AvgIpc) is 3.04. The number of hydrogen-bond acceptors (Lipinski definition) is 2. The van der Waals surface area contributed by atoms with Crippen LogP contribution in [0, 0.1) is 17.6 Å². The summed E-state index contributed by atoms with van der Waals surface area (Å²) >= 11 is 0. The van der Waals surface area contributed by atoms with Crippen LogP contribution in [-0.2, 0) is 0 Å². The monoisotopic (exact) mass is 327 g/mol. The first kappa shape index (κ1) is 14.9. The fraction of sp³-hybridized carbons (Fsp3) is 0.211. The quantitative estimate of drug-likeness (QED) is 0.799. The molecule has 1 aliphatic heterocycles. The Balaban J connectivity index is 1.76. The predicted octanol–water partition coefficient (Wildman–Crippen LogP) is 4.49. The number of hydrogen-bond donors (Lipinski definition) is 2. The molecule has 2 N–H and O–H groups in total. The van der Waals surface area contributed by atoms with Gasteiger partial charge in [-0.3, -0.25) is 0 Å². The highest BCUT2D eigenvalue weighted by molar-refractivity contribution is 5.87. The zero-order chi connectivity index (χ0) is 16.8. The molecule has 2 aromatic carbocycles. The molecule has 0 bridgehead atoms. The van der Waals surface area contributed by atoms with Crippen molar-refractivity contribution in [3.63, 3.8) is 0 Å². The molecule has 0 amide bonds. The average molecular weight is 327 g/mol. The molecule has 0 aromatic heterocycles. The van der Waals surface area contributed by atoms with Gasteiger partial charge in [-0.2, -0.15) is 0 Å². The van der Waals surface area contributed by atoms with Crippen molar-refractivity contribution in [2.75, 3.05) is 5.32 Å². The van der Waals surface area contributed by atoms with E-state index in [1.54, 1.807) is 24.3 Å². The van der Waals surface area contributed by atoms with E-state index in [0.29, 0.717) is 11.3 Å². The molecule has 3 atom stereocenters. The highest BCUT2D eigenvalue weighted by atomic mass is 19.1. The molecule has 2 aromatic rings. The standard InChI is InChI=1S/C19H15F2NO2/c20-12-8-15-13-2-1-3-14(13)17(22-18(15)16(21)9-12)10-4-6-11(7-5-10)19(23)24/h1-2,4-9,13-14,17,22H,3H2,(H,23,24)/t13?,14?,17-/m1/s1. The molecule has 1 aliphatic carbocycles. The van der Waals surface area contributed by atoms with Crippen molar-refractivity contribution >= 4 is 11.7 Å². The molecule has 24 heavy (non-hydrogen) atoms. The summed E-state index contributed by atoms with van der Waals surface area (Å²) in [5.41, 5.74) is 2.08. The second-order valence-electron chi connectivity index (χ2n) is 6.25. The van der Waals surface area contributed by atoms with Crippen molar-refractivity contribution in [1.29, 1.82) is 0 Å². The van der Waals surface area contributed by atoms with Crippen molar-refractivity contribution in [2.45, 2.75) is 18.4 Å². The zero-order valence-corrected chi connectivity index (χ0v) is 12.7. The van der Waals surface area contributed by atoms with Crippen LogP contribution in [0.5, 0.6) is 0 Å². The van der Waals surface area contributed by atoms with E-state index in [0.717, 1.165) is 18.1 Å². The predicted molar refractivity (Wildman–Crippen MR) is 86.1 cm³/mol. The van der Waals surface area contributed by atoms with E-state index in [2.05, 4.69) is 5.32 Å². The molecular weight excluding hydrogens is 312 g/mol. The summed E-state index contributed by atoms with van der Waals surface area (Å²) in [7, 11) is 0. The summed E-state index contributed by atoms with van der Waals surface area (Å²) in [6, 6.07) is 8.73.